The third-order valence-electron chi connectivity index (χ3n) is 2.46. The second kappa shape index (κ2) is 8.68. The number of aliphatic hydroxyl groups is 2. The topological polar surface area (TPSA) is 73.1 Å². The van der Waals surface area contributed by atoms with Crippen molar-refractivity contribution in [2.75, 3.05) is 0 Å². The van der Waals surface area contributed by atoms with Crippen molar-refractivity contribution in [3.63, 3.8) is 0 Å². The maximum Gasteiger partial charge on any atom is 0.114 e. The van der Waals surface area contributed by atoms with Crippen LogP contribution in [0.4, 0.5) is 0 Å². The maximum atomic E-state index is 9.66. The largest absolute Gasteiger partial charge is 0.411 e. The van der Waals surface area contributed by atoms with Crippen LogP contribution in [0, 0.1) is 0 Å². The summed E-state index contributed by atoms with van der Waals surface area (Å²) < 4.78 is 0. The van der Waals surface area contributed by atoms with Gasteiger partial charge in [-0.05, 0) is 12.8 Å². The molecule has 15 heavy (non-hydrogen) atoms. The van der Waals surface area contributed by atoms with Gasteiger partial charge < -0.3 is 15.4 Å². The second-order valence-electron chi connectivity index (χ2n) is 3.84. The summed E-state index contributed by atoms with van der Waals surface area (Å²) in [6.07, 6.45) is 3.12. The highest BCUT2D eigenvalue weighted by Gasteiger charge is 2.20. The van der Waals surface area contributed by atoms with Gasteiger partial charge in [0.15, 0.2) is 0 Å². The fourth-order valence-electron chi connectivity index (χ4n) is 1.45. The van der Waals surface area contributed by atoms with Crippen LogP contribution in [0.5, 0.6) is 0 Å². The molecule has 0 saturated carbocycles. The molecule has 2 unspecified atom stereocenters. The maximum absolute atomic E-state index is 9.66. The lowest BCUT2D eigenvalue weighted by Crippen LogP contribution is -2.32. The summed E-state index contributed by atoms with van der Waals surface area (Å²) in [5, 5.41) is 31.1. The summed E-state index contributed by atoms with van der Waals surface area (Å²) in [5.74, 6) is 0. The zero-order valence-electron chi connectivity index (χ0n) is 9.69. The van der Waals surface area contributed by atoms with E-state index in [4.69, 9.17) is 5.21 Å². The standard InChI is InChI=1S/C11H23NO3/c1-3-5-7-9(13)11(12-15)10(14)8-6-4-2/h9-10,13-15H,3-8H2,1-2H3. The molecule has 4 heteroatoms. The first kappa shape index (κ1) is 14.4. The molecule has 4 nitrogen and oxygen atoms in total. The molecule has 0 bridgehead atoms. The van der Waals surface area contributed by atoms with Crippen molar-refractivity contribution in [1.29, 1.82) is 0 Å². The average Bonchev–Trinajstić information content (AvgIpc) is 2.24. The molecule has 0 spiro atoms. The Kier molecular flexibility index (Phi) is 8.33. The summed E-state index contributed by atoms with van der Waals surface area (Å²) in [7, 11) is 0. The van der Waals surface area contributed by atoms with Crippen LogP contribution in [0.3, 0.4) is 0 Å². The summed E-state index contributed by atoms with van der Waals surface area (Å²) in [5.41, 5.74) is 0.108. The van der Waals surface area contributed by atoms with E-state index in [1.807, 2.05) is 13.8 Å². The molecule has 0 aromatic heterocycles. The van der Waals surface area contributed by atoms with Crippen LogP contribution in [0.25, 0.3) is 0 Å². The minimum atomic E-state index is -0.818. The minimum absolute atomic E-state index is 0.108. The van der Waals surface area contributed by atoms with Gasteiger partial charge in [0.2, 0.25) is 0 Å². The quantitative estimate of drug-likeness (QED) is 0.330. The fourth-order valence-corrected chi connectivity index (χ4v) is 1.45. The Hall–Kier alpha value is -0.610. The Balaban J connectivity index is 4.10. The van der Waals surface area contributed by atoms with Gasteiger partial charge in [0.05, 0.1) is 12.2 Å². The van der Waals surface area contributed by atoms with Crippen LogP contribution >= 0.6 is 0 Å². The molecule has 0 amide bonds. The van der Waals surface area contributed by atoms with E-state index >= 15 is 0 Å². The monoisotopic (exact) mass is 217 g/mol. The van der Waals surface area contributed by atoms with Crippen LogP contribution in [0.2, 0.25) is 0 Å². The van der Waals surface area contributed by atoms with Gasteiger partial charge in [-0.3, -0.25) is 0 Å². The van der Waals surface area contributed by atoms with Gasteiger partial charge in [-0.1, -0.05) is 44.7 Å². The first-order chi connectivity index (χ1) is 7.17. The highest BCUT2D eigenvalue weighted by Crippen LogP contribution is 2.09. The van der Waals surface area contributed by atoms with E-state index in [1.54, 1.807) is 0 Å². The molecule has 0 aliphatic carbocycles. The van der Waals surface area contributed by atoms with Crippen molar-refractivity contribution < 1.29 is 15.4 Å². The van der Waals surface area contributed by atoms with E-state index in [9.17, 15) is 10.2 Å². The molecule has 3 N–H and O–H groups in total. The Morgan fingerprint density at radius 1 is 1.00 bits per heavy atom. The molecule has 0 fully saturated rings. The smallest absolute Gasteiger partial charge is 0.114 e. The summed E-state index contributed by atoms with van der Waals surface area (Å²) in [4.78, 5) is 0. The van der Waals surface area contributed by atoms with Crippen molar-refractivity contribution in [2.45, 2.75) is 64.6 Å². The zero-order valence-corrected chi connectivity index (χ0v) is 9.69. The number of unbranched alkanes of at least 4 members (excludes halogenated alkanes) is 2. The highest BCUT2D eigenvalue weighted by molar-refractivity contribution is 5.91. The van der Waals surface area contributed by atoms with E-state index in [0.29, 0.717) is 12.8 Å². The van der Waals surface area contributed by atoms with Crippen LogP contribution in [0.1, 0.15) is 52.4 Å². The van der Waals surface area contributed by atoms with Crippen LogP contribution in [0.15, 0.2) is 5.16 Å². The molecule has 90 valence electrons. The average molecular weight is 217 g/mol. The Bertz CT molecular complexity index is 167. The molecule has 0 saturated heterocycles. The second-order valence-corrected chi connectivity index (χ2v) is 3.84. The highest BCUT2D eigenvalue weighted by atomic mass is 16.4. The summed E-state index contributed by atoms with van der Waals surface area (Å²) >= 11 is 0. The zero-order chi connectivity index (χ0) is 11.7. The lowest BCUT2D eigenvalue weighted by Gasteiger charge is -2.17. The SMILES string of the molecule is CCCCC(O)C(=NO)C(O)CCCC. The van der Waals surface area contributed by atoms with Crippen molar-refractivity contribution >= 4 is 5.71 Å². The number of aliphatic hydroxyl groups excluding tert-OH is 2. The lowest BCUT2D eigenvalue weighted by molar-refractivity contribution is 0.168. The Morgan fingerprint density at radius 3 is 1.67 bits per heavy atom. The minimum Gasteiger partial charge on any atom is -0.411 e. The van der Waals surface area contributed by atoms with Gasteiger partial charge in [-0.25, -0.2) is 0 Å². The normalized spacial score (nSPS) is 14.7. The number of oxime groups is 1. The third kappa shape index (κ3) is 5.74. The predicted molar refractivity (Wildman–Crippen MR) is 60.3 cm³/mol. The summed E-state index contributed by atoms with van der Waals surface area (Å²) in [6.45, 7) is 4.05. The molecular formula is C11H23NO3. The van der Waals surface area contributed by atoms with E-state index in [-0.39, 0.29) is 5.71 Å². The molecule has 0 aromatic carbocycles. The molecule has 0 radical (unpaired) electrons. The molecule has 0 aliphatic rings. The van der Waals surface area contributed by atoms with Crippen molar-refractivity contribution in [3.8, 4) is 0 Å². The first-order valence-electron chi connectivity index (χ1n) is 5.75. The van der Waals surface area contributed by atoms with Crippen LogP contribution in [-0.2, 0) is 0 Å². The molecule has 0 heterocycles. The Labute approximate surface area is 91.6 Å². The van der Waals surface area contributed by atoms with Gasteiger partial charge in [0.1, 0.15) is 5.71 Å². The third-order valence-corrected chi connectivity index (χ3v) is 2.46. The van der Waals surface area contributed by atoms with Crippen molar-refractivity contribution in [3.05, 3.63) is 0 Å². The van der Waals surface area contributed by atoms with E-state index in [1.165, 1.54) is 0 Å². The molecule has 0 rings (SSSR count). The molecule has 0 aromatic rings. The predicted octanol–water partition coefficient (Wildman–Crippen LogP) is 1.92. The van der Waals surface area contributed by atoms with Gasteiger partial charge in [0.25, 0.3) is 0 Å². The van der Waals surface area contributed by atoms with E-state index in [0.717, 1.165) is 25.7 Å². The van der Waals surface area contributed by atoms with Crippen LogP contribution in [-0.4, -0.2) is 33.3 Å². The van der Waals surface area contributed by atoms with E-state index in [2.05, 4.69) is 5.16 Å². The number of hydrogen-bond acceptors (Lipinski definition) is 4. The molecule has 0 aliphatic heterocycles. The fraction of sp³-hybridized carbons (Fsp3) is 0.909. The van der Waals surface area contributed by atoms with E-state index < -0.39 is 12.2 Å². The van der Waals surface area contributed by atoms with Crippen LogP contribution < -0.4 is 0 Å². The Morgan fingerprint density at radius 2 is 1.40 bits per heavy atom. The van der Waals surface area contributed by atoms with Gasteiger partial charge in [-0.2, -0.15) is 0 Å². The number of nitrogens with zero attached hydrogens (tertiary/aromatic N) is 1. The van der Waals surface area contributed by atoms with Gasteiger partial charge >= 0.3 is 0 Å². The van der Waals surface area contributed by atoms with Crippen molar-refractivity contribution in [2.24, 2.45) is 5.16 Å². The van der Waals surface area contributed by atoms with Gasteiger partial charge in [-0.15, -0.1) is 0 Å². The summed E-state index contributed by atoms with van der Waals surface area (Å²) in [6, 6.07) is 0. The first-order valence-corrected chi connectivity index (χ1v) is 5.75. The van der Waals surface area contributed by atoms with Gasteiger partial charge in [0, 0.05) is 0 Å². The molecular weight excluding hydrogens is 194 g/mol. The molecule has 2 atom stereocenters. The number of rotatable bonds is 8. The number of hydrogen-bond donors (Lipinski definition) is 3. The van der Waals surface area contributed by atoms with Crippen molar-refractivity contribution in [1.82, 2.24) is 0 Å². The lowest BCUT2D eigenvalue weighted by atomic mass is 10.00.